The second-order valence-electron chi connectivity index (χ2n) is 9.56. The fraction of sp³-hybridized carbons (Fsp3) is 0.500. The van der Waals surface area contributed by atoms with Crippen LogP contribution in [0.2, 0.25) is 0 Å². The molecule has 1 atom stereocenters. The van der Waals surface area contributed by atoms with Gasteiger partial charge in [-0.05, 0) is 62.3 Å². The number of aryl methyl sites for hydroxylation is 1. The van der Waals surface area contributed by atoms with Crippen molar-refractivity contribution >= 4 is 31.6 Å². The maximum absolute atomic E-state index is 13.2. The molecule has 0 radical (unpaired) electrons. The zero-order valence-electron chi connectivity index (χ0n) is 21.1. The van der Waals surface area contributed by atoms with Gasteiger partial charge >= 0.3 is 0 Å². The fourth-order valence-corrected chi connectivity index (χ4v) is 8.02. The van der Waals surface area contributed by atoms with Gasteiger partial charge in [0.15, 0.2) is 0 Å². The fourth-order valence-electron chi connectivity index (χ4n) is 4.90. The molecule has 2 aromatic carbocycles. The highest BCUT2D eigenvalue weighted by Crippen LogP contribution is 2.31. The number of benzene rings is 2. The Kier molecular flexibility index (Phi) is 8.89. The molecule has 1 amide bonds. The lowest BCUT2D eigenvalue weighted by Gasteiger charge is -2.31. The molecule has 2 aliphatic rings. The number of anilines is 1. The van der Waals surface area contributed by atoms with Crippen molar-refractivity contribution in [1.82, 2.24) is 8.61 Å². The Labute approximate surface area is 219 Å². The molecule has 0 bridgehead atoms. The van der Waals surface area contributed by atoms with Crippen molar-refractivity contribution < 1.29 is 26.4 Å². The van der Waals surface area contributed by atoms with Gasteiger partial charge in [-0.15, -0.1) is 0 Å². The zero-order chi connectivity index (χ0) is 26.5. The first-order chi connectivity index (χ1) is 17.7. The van der Waals surface area contributed by atoms with Crippen LogP contribution in [0.5, 0.6) is 5.75 Å². The molecule has 2 aliphatic heterocycles. The molecule has 0 saturated carbocycles. The summed E-state index contributed by atoms with van der Waals surface area (Å²) in [5, 5.41) is 2.80. The number of carbonyl (C=O) groups is 1. The Balaban J connectivity index is 1.41. The third-order valence-corrected chi connectivity index (χ3v) is 10.8. The number of methoxy groups -OCH3 is 1. The molecule has 1 N–H and O–H groups in total. The topological polar surface area (TPSA) is 113 Å². The van der Waals surface area contributed by atoms with Crippen LogP contribution in [0.3, 0.4) is 0 Å². The van der Waals surface area contributed by atoms with Crippen LogP contribution in [0, 0.1) is 5.92 Å². The number of sulfonamides is 2. The molecule has 0 unspecified atom stereocenters. The van der Waals surface area contributed by atoms with Gasteiger partial charge in [0.25, 0.3) is 0 Å². The zero-order valence-corrected chi connectivity index (χ0v) is 22.8. The number of carbonyl (C=O) groups excluding carboxylic acids is 1. The predicted molar refractivity (Wildman–Crippen MR) is 142 cm³/mol. The Morgan fingerprint density at radius 3 is 2.38 bits per heavy atom. The molecule has 2 saturated heterocycles. The van der Waals surface area contributed by atoms with Crippen LogP contribution >= 0.6 is 0 Å². The molecule has 2 aromatic rings. The van der Waals surface area contributed by atoms with Crippen molar-refractivity contribution in [2.45, 2.75) is 43.4 Å². The normalized spacial score (nSPS) is 19.5. The molecule has 0 spiro atoms. The number of hydrogen-bond acceptors (Lipinski definition) is 6. The minimum Gasteiger partial charge on any atom is -0.495 e. The van der Waals surface area contributed by atoms with Crippen molar-refractivity contribution in [3.05, 3.63) is 54.1 Å². The number of piperidine rings is 1. The van der Waals surface area contributed by atoms with E-state index in [2.05, 4.69) is 5.32 Å². The van der Waals surface area contributed by atoms with E-state index in [1.54, 1.807) is 0 Å². The van der Waals surface area contributed by atoms with Gasteiger partial charge in [-0.1, -0.05) is 30.3 Å². The van der Waals surface area contributed by atoms with Crippen LogP contribution in [0.15, 0.2) is 53.4 Å². The molecule has 4 rings (SSSR count). The van der Waals surface area contributed by atoms with Crippen LogP contribution in [-0.4, -0.2) is 70.4 Å². The standard InChI is InChI=1S/C26H35N3O6S2/c1-35-25-14-13-23(37(33,34)28-15-5-6-16-28)19-24(25)27-26(30)22-12-7-17-29(20-22)36(31,32)18-8-11-21-9-3-2-4-10-21/h2-4,9-10,13-14,19,22H,5-8,11-12,15-18,20H2,1H3,(H,27,30)/t22-/m1/s1. The average Bonchev–Trinajstić information content (AvgIpc) is 3.45. The van der Waals surface area contributed by atoms with Crippen molar-refractivity contribution in [3.8, 4) is 5.75 Å². The highest BCUT2D eigenvalue weighted by atomic mass is 32.2. The van der Waals surface area contributed by atoms with E-state index in [1.165, 1.54) is 33.9 Å². The van der Waals surface area contributed by atoms with Crippen molar-refractivity contribution in [2.24, 2.45) is 5.92 Å². The minimum absolute atomic E-state index is 0.0282. The molecular weight excluding hydrogens is 514 g/mol. The number of amides is 1. The lowest BCUT2D eigenvalue weighted by Crippen LogP contribution is -2.44. The van der Waals surface area contributed by atoms with E-state index in [9.17, 15) is 21.6 Å². The quantitative estimate of drug-likeness (QED) is 0.487. The van der Waals surface area contributed by atoms with E-state index in [0.717, 1.165) is 18.4 Å². The van der Waals surface area contributed by atoms with Gasteiger partial charge in [0.1, 0.15) is 5.75 Å². The summed E-state index contributed by atoms with van der Waals surface area (Å²) in [7, 11) is -5.71. The van der Waals surface area contributed by atoms with Gasteiger partial charge < -0.3 is 10.1 Å². The summed E-state index contributed by atoms with van der Waals surface area (Å²) in [4.78, 5) is 13.3. The molecule has 0 aromatic heterocycles. The van der Waals surface area contributed by atoms with Gasteiger partial charge in [0, 0.05) is 26.2 Å². The van der Waals surface area contributed by atoms with Gasteiger partial charge in [0.05, 0.1) is 29.4 Å². The number of nitrogens with one attached hydrogen (secondary N) is 1. The summed E-state index contributed by atoms with van der Waals surface area (Å²) in [6, 6.07) is 14.2. The second-order valence-corrected chi connectivity index (χ2v) is 13.6. The van der Waals surface area contributed by atoms with Crippen molar-refractivity contribution in [3.63, 3.8) is 0 Å². The largest absolute Gasteiger partial charge is 0.495 e. The summed E-state index contributed by atoms with van der Waals surface area (Å²) >= 11 is 0. The van der Waals surface area contributed by atoms with Crippen molar-refractivity contribution in [1.29, 1.82) is 0 Å². The number of rotatable bonds is 10. The van der Waals surface area contributed by atoms with E-state index in [1.807, 2.05) is 30.3 Å². The first-order valence-electron chi connectivity index (χ1n) is 12.7. The minimum atomic E-state index is -3.67. The maximum atomic E-state index is 13.2. The van der Waals surface area contributed by atoms with Crippen LogP contribution in [0.4, 0.5) is 5.69 Å². The number of nitrogens with zero attached hydrogens (tertiary/aromatic N) is 2. The molecule has 2 fully saturated rings. The third-order valence-electron chi connectivity index (χ3n) is 6.99. The summed E-state index contributed by atoms with van der Waals surface area (Å²) < 4.78 is 60.2. The first-order valence-corrected chi connectivity index (χ1v) is 15.8. The summed E-state index contributed by atoms with van der Waals surface area (Å²) in [5.74, 6) is -0.519. The molecular formula is C26H35N3O6S2. The molecule has 37 heavy (non-hydrogen) atoms. The summed E-state index contributed by atoms with van der Waals surface area (Å²) in [6.07, 6.45) is 3.97. The van der Waals surface area contributed by atoms with E-state index in [0.29, 0.717) is 51.1 Å². The molecule has 0 aliphatic carbocycles. The number of hydrogen-bond donors (Lipinski definition) is 1. The second kappa shape index (κ2) is 11.9. The first kappa shape index (κ1) is 27.6. The SMILES string of the molecule is COc1ccc(S(=O)(=O)N2CCCC2)cc1NC(=O)[C@@H]1CCCN(S(=O)(=O)CCCc2ccccc2)C1. The van der Waals surface area contributed by atoms with Gasteiger partial charge in [-0.25, -0.2) is 21.1 Å². The lowest BCUT2D eigenvalue weighted by atomic mass is 9.98. The highest BCUT2D eigenvalue weighted by Gasteiger charge is 2.33. The van der Waals surface area contributed by atoms with Crippen LogP contribution in [0.25, 0.3) is 0 Å². The van der Waals surface area contributed by atoms with E-state index < -0.39 is 26.0 Å². The van der Waals surface area contributed by atoms with Crippen molar-refractivity contribution in [2.75, 3.05) is 44.4 Å². The summed E-state index contributed by atoms with van der Waals surface area (Å²) in [5.41, 5.74) is 1.35. The molecule has 2 heterocycles. The van der Waals surface area contributed by atoms with Gasteiger partial charge in [-0.2, -0.15) is 4.31 Å². The lowest BCUT2D eigenvalue weighted by molar-refractivity contribution is -0.120. The molecule has 11 heteroatoms. The predicted octanol–water partition coefficient (Wildman–Crippen LogP) is 3.09. The Bertz CT molecular complexity index is 1290. The summed E-state index contributed by atoms with van der Waals surface area (Å²) in [6.45, 7) is 1.46. The van der Waals surface area contributed by atoms with Crippen LogP contribution in [0.1, 0.15) is 37.7 Å². The Hall–Kier alpha value is -2.47. The van der Waals surface area contributed by atoms with Crippen LogP contribution in [-0.2, 0) is 31.3 Å². The van der Waals surface area contributed by atoms with Crippen LogP contribution < -0.4 is 10.1 Å². The monoisotopic (exact) mass is 549 g/mol. The maximum Gasteiger partial charge on any atom is 0.243 e. The van der Waals surface area contributed by atoms with E-state index >= 15 is 0 Å². The molecule has 202 valence electrons. The number of ether oxygens (including phenoxy) is 1. The Morgan fingerprint density at radius 1 is 0.973 bits per heavy atom. The smallest absolute Gasteiger partial charge is 0.243 e. The average molecular weight is 550 g/mol. The Morgan fingerprint density at radius 2 is 1.68 bits per heavy atom. The highest BCUT2D eigenvalue weighted by molar-refractivity contribution is 7.89. The van der Waals surface area contributed by atoms with Gasteiger partial charge in [-0.3, -0.25) is 4.79 Å². The molecule has 9 nitrogen and oxygen atoms in total. The van der Waals surface area contributed by atoms with Gasteiger partial charge in [0.2, 0.25) is 26.0 Å². The van der Waals surface area contributed by atoms with E-state index in [4.69, 9.17) is 4.74 Å². The van der Waals surface area contributed by atoms with E-state index in [-0.39, 0.29) is 28.8 Å². The third kappa shape index (κ3) is 6.70.